The van der Waals surface area contributed by atoms with Crippen LogP contribution in [0.25, 0.3) is 5.82 Å². The molecule has 2 heterocycles. The first kappa shape index (κ1) is 12.6. The molecule has 7 heteroatoms. The second-order valence-electron chi connectivity index (χ2n) is 4.35. The molecule has 1 unspecified atom stereocenters. The zero-order valence-corrected chi connectivity index (χ0v) is 9.79. The van der Waals surface area contributed by atoms with Crippen LogP contribution in [-0.4, -0.2) is 31.7 Å². The molecule has 0 fully saturated rings. The maximum Gasteiger partial charge on any atom is 0.256 e. The number of nitrogens with two attached hydrogens (primary N) is 1. The van der Waals surface area contributed by atoms with Crippen LogP contribution in [0.15, 0.2) is 31.0 Å². The van der Waals surface area contributed by atoms with Crippen LogP contribution in [0.5, 0.6) is 0 Å². The van der Waals surface area contributed by atoms with Gasteiger partial charge in [-0.15, -0.1) is 0 Å². The van der Waals surface area contributed by atoms with E-state index in [0.717, 1.165) is 0 Å². The molecule has 2 aromatic rings. The van der Waals surface area contributed by atoms with Crippen molar-refractivity contribution in [3.05, 3.63) is 36.5 Å². The molecule has 0 bridgehead atoms. The van der Waals surface area contributed by atoms with Crippen molar-refractivity contribution in [1.29, 1.82) is 0 Å². The summed E-state index contributed by atoms with van der Waals surface area (Å²) in [6, 6.07) is 3.39. The zero-order valence-electron chi connectivity index (χ0n) is 9.79. The number of alkyl halides is 2. The summed E-state index contributed by atoms with van der Waals surface area (Å²) in [6.45, 7) is 1.32. The average Bonchev–Trinajstić information content (AvgIpc) is 2.83. The Kier molecular flexibility index (Phi) is 3.33. The van der Waals surface area contributed by atoms with E-state index in [2.05, 4.69) is 15.1 Å². The lowest BCUT2D eigenvalue weighted by molar-refractivity contribution is 0.0639. The summed E-state index contributed by atoms with van der Waals surface area (Å²) in [5, 5.41) is 3.92. The summed E-state index contributed by atoms with van der Waals surface area (Å²) in [7, 11) is 0. The van der Waals surface area contributed by atoms with E-state index in [1.54, 1.807) is 12.1 Å². The monoisotopic (exact) mass is 253 g/mol. The van der Waals surface area contributed by atoms with Crippen LogP contribution in [0.1, 0.15) is 12.5 Å². The van der Waals surface area contributed by atoms with E-state index < -0.39 is 12.0 Å². The molecule has 96 valence electrons. The lowest BCUT2D eigenvalue weighted by atomic mass is 9.95. The van der Waals surface area contributed by atoms with Gasteiger partial charge in [-0.25, -0.2) is 23.4 Å². The smallest absolute Gasteiger partial charge is 0.256 e. The van der Waals surface area contributed by atoms with Gasteiger partial charge in [0.2, 0.25) is 0 Å². The van der Waals surface area contributed by atoms with E-state index >= 15 is 0 Å². The summed E-state index contributed by atoms with van der Waals surface area (Å²) in [5.74, 6) is 0.576. The van der Waals surface area contributed by atoms with Gasteiger partial charge in [-0.1, -0.05) is 6.07 Å². The standard InChI is InChI=1S/C11H13F2N5/c1-11(14,10(12)13)4-8-2-3-9(16-5-8)18-7-15-6-17-18/h2-3,5-7,10H,4,14H2,1H3. The summed E-state index contributed by atoms with van der Waals surface area (Å²) < 4.78 is 26.8. The topological polar surface area (TPSA) is 69.6 Å². The lowest BCUT2D eigenvalue weighted by Crippen LogP contribution is -2.45. The van der Waals surface area contributed by atoms with Crippen molar-refractivity contribution >= 4 is 0 Å². The molecule has 2 rings (SSSR count). The first-order valence-corrected chi connectivity index (χ1v) is 5.36. The van der Waals surface area contributed by atoms with E-state index in [1.807, 2.05) is 0 Å². The Hall–Kier alpha value is -1.89. The van der Waals surface area contributed by atoms with Gasteiger partial charge in [0.25, 0.3) is 6.43 Å². The Balaban J connectivity index is 2.14. The fourth-order valence-electron chi connectivity index (χ4n) is 1.50. The number of hydrogen-bond donors (Lipinski definition) is 1. The van der Waals surface area contributed by atoms with Gasteiger partial charge in [0.05, 0.1) is 5.54 Å². The van der Waals surface area contributed by atoms with Gasteiger partial charge in [0, 0.05) is 6.20 Å². The first-order valence-electron chi connectivity index (χ1n) is 5.36. The van der Waals surface area contributed by atoms with Crippen molar-refractivity contribution in [3.8, 4) is 5.82 Å². The zero-order chi connectivity index (χ0) is 13.2. The van der Waals surface area contributed by atoms with Gasteiger partial charge in [-0.3, -0.25) is 0 Å². The third-order valence-corrected chi connectivity index (χ3v) is 2.55. The maximum atomic E-state index is 12.6. The van der Waals surface area contributed by atoms with Crippen molar-refractivity contribution in [2.45, 2.75) is 25.3 Å². The van der Waals surface area contributed by atoms with Gasteiger partial charge in [-0.05, 0) is 25.0 Å². The van der Waals surface area contributed by atoms with Crippen LogP contribution in [-0.2, 0) is 6.42 Å². The number of nitrogens with zero attached hydrogens (tertiary/aromatic N) is 4. The van der Waals surface area contributed by atoms with Gasteiger partial charge in [-0.2, -0.15) is 5.10 Å². The Morgan fingerprint density at radius 2 is 2.22 bits per heavy atom. The molecule has 0 aliphatic carbocycles. The second-order valence-corrected chi connectivity index (χ2v) is 4.35. The molecule has 0 radical (unpaired) electrons. The number of aromatic nitrogens is 4. The van der Waals surface area contributed by atoms with Gasteiger partial charge < -0.3 is 5.73 Å². The largest absolute Gasteiger partial charge is 0.320 e. The lowest BCUT2D eigenvalue weighted by Gasteiger charge is -2.23. The minimum absolute atomic E-state index is 0.0648. The summed E-state index contributed by atoms with van der Waals surface area (Å²) in [5.41, 5.74) is 4.63. The Bertz CT molecular complexity index is 493. The third-order valence-electron chi connectivity index (χ3n) is 2.55. The van der Waals surface area contributed by atoms with Gasteiger partial charge >= 0.3 is 0 Å². The van der Waals surface area contributed by atoms with Crippen LogP contribution < -0.4 is 5.73 Å². The fourth-order valence-corrected chi connectivity index (χ4v) is 1.50. The molecule has 5 nitrogen and oxygen atoms in total. The third kappa shape index (κ3) is 2.67. The molecule has 18 heavy (non-hydrogen) atoms. The molecular formula is C11H13F2N5. The van der Waals surface area contributed by atoms with E-state index in [4.69, 9.17) is 5.73 Å². The summed E-state index contributed by atoms with van der Waals surface area (Å²) in [4.78, 5) is 7.92. The number of halogens is 2. The molecule has 1 atom stereocenters. The van der Waals surface area contributed by atoms with Crippen LogP contribution in [0.3, 0.4) is 0 Å². The normalized spacial score (nSPS) is 14.7. The molecular weight excluding hydrogens is 240 g/mol. The van der Waals surface area contributed by atoms with Crippen molar-refractivity contribution in [2.75, 3.05) is 0 Å². The number of hydrogen-bond acceptors (Lipinski definition) is 4. The Morgan fingerprint density at radius 3 is 2.72 bits per heavy atom. The Morgan fingerprint density at radius 1 is 1.44 bits per heavy atom. The molecule has 0 saturated carbocycles. The molecule has 0 aliphatic rings. The molecule has 2 aromatic heterocycles. The molecule has 0 saturated heterocycles. The van der Waals surface area contributed by atoms with E-state index in [-0.39, 0.29) is 6.42 Å². The van der Waals surface area contributed by atoms with Gasteiger partial charge in [0.15, 0.2) is 5.82 Å². The highest BCUT2D eigenvalue weighted by molar-refractivity contribution is 5.25. The second kappa shape index (κ2) is 4.77. The van der Waals surface area contributed by atoms with Crippen LogP contribution in [0.4, 0.5) is 8.78 Å². The molecule has 0 aromatic carbocycles. The highest BCUT2D eigenvalue weighted by atomic mass is 19.3. The highest BCUT2D eigenvalue weighted by Crippen LogP contribution is 2.18. The predicted octanol–water partition coefficient (Wildman–Crippen LogP) is 1.19. The van der Waals surface area contributed by atoms with Crippen LogP contribution in [0, 0.1) is 0 Å². The summed E-state index contributed by atoms with van der Waals surface area (Å²) in [6.07, 6.45) is 1.91. The van der Waals surface area contributed by atoms with Crippen molar-refractivity contribution in [2.24, 2.45) is 5.73 Å². The van der Waals surface area contributed by atoms with Crippen LogP contribution >= 0.6 is 0 Å². The van der Waals surface area contributed by atoms with Crippen LogP contribution in [0.2, 0.25) is 0 Å². The summed E-state index contributed by atoms with van der Waals surface area (Å²) >= 11 is 0. The average molecular weight is 253 g/mol. The molecule has 2 N–H and O–H groups in total. The molecule has 0 aliphatic heterocycles. The SMILES string of the molecule is CC(N)(Cc1ccc(-n2cncn2)nc1)C(F)F. The van der Waals surface area contributed by atoms with Crippen molar-refractivity contribution < 1.29 is 8.78 Å². The highest BCUT2D eigenvalue weighted by Gasteiger charge is 2.30. The van der Waals surface area contributed by atoms with Crippen molar-refractivity contribution in [3.63, 3.8) is 0 Å². The van der Waals surface area contributed by atoms with Gasteiger partial charge in [0.1, 0.15) is 12.7 Å². The molecule has 0 amide bonds. The molecule has 0 spiro atoms. The first-order chi connectivity index (χ1) is 8.49. The quantitative estimate of drug-likeness (QED) is 0.888. The van der Waals surface area contributed by atoms with E-state index in [0.29, 0.717) is 11.4 Å². The number of pyridine rings is 1. The minimum atomic E-state index is -2.58. The minimum Gasteiger partial charge on any atom is -0.320 e. The van der Waals surface area contributed by atoms with E-state index in [9.17, 15) is 8.78 Å². The maximum absolute atomic E-state index is 12.6. The van der Waals surface area contributed by atoms with E-state index in [1.165, 1.54) is 30.5 Å². The Labute approximate surface area is 103 Å². The fraction of sp³-hybridized carbons (Fsp3) is 0.364. The number of rotatable bonds is 4. The van der Waals surface area contributed by atoms with Crippen molar-refractivity contribution in [1.82, 2.24) is 19.7 Å². The predicted molar refractivity (Wildman–Crippen MR) is 61.5 cm³/mol.